The average Bonchev–Trinajstić information content (AvgIpc) is 3.21. The minimum absolute atomic E-state index is 0. The van der Waals surface area contributed by atoms with Crippen LogP contribution in [0.25, 0.3) is 0 Å². The number of anilines is 2. The van der Waals surface area contributed by atoms with Crippen molar-refractivity contribution in [3.8, 4) is 0 Å². The van der Waals surface area contributed by atoms with Crippen LogP contribution in [-0.2, 0) is 22.6 Å². The summed E-state index contributed by atoms with van der Waals surface area (Å²) < 4.78 is 4.57. The molecule has 2 aromatic carbocycles. The van der Waals surface area contributed by atoms with Gasteiger partial charge in [0.05, 0.1) is 7.11 Å². The lowest BCUT2D eigenvalue weighted by atomic mass is 10.2. The second kappa shape index (κ2) is 12.1. The van der Waals surface area contributed by atoms with Crippen molar-refractivity contribution in [3.05, 3.63) is 59.7 Å². The molecule has 31 heavy (non-hydrogen) atoms. The number of guanidine groups is 1. The Morgan fingerprint density at radius 1 is 1.03 bits per heavy atom. The molecule has 0 atom stereocenters. The highest BCUT2D eigenvalue weighted by atomic mass is 127. The quantitative estimate of drug-likeness (QED) is 0.298. The minimum Gasteiger partial charge on any atom is -0.453 e. The minimum atomic E-state index is -0.495. The number of hydrogen-bond acceptors (Lipinski definition) is 4. The van der Waals surface area contributed by atoms with Gasteiger partial charge in [-0.3, -0.25) is 15.1 Å². The van der Waals surface area contributed by atoms with Gasteiger partial charge in [0.2, 0.25) is 5.91 Å². The molecule has 0 spiro atoms. The molecule has 0 bridgehead atoms. The molecule has 0 radical (unpaired) electrons. The number of benzene rings is 2. The maximum Gasteiger partial charge on any atom is 0.411 e. The first-order valence-electron chi connectivity index (χ1n) is 9.87. The van der Waals surface area contributed by atoms with E-state index in [1.165, 1.54) is 7.11 Å². The third-order valence-electron chi connectivity index (χ3n) is 4.85. The van der Waals surface area contributed by atoms with Crippen molar-refractivity contribution in [2.45, 2.75) is 25.9 Å². The zero-order valence-electron chi connectivity index (χ0n) is 17.7. The van der Waals surface area contributed by atoms with Gasteiger partial charge >= 0.3 is 6.09 Å². The molecule has 3 N–H and O–H groups in total. The van der Waals surface area contributed by atoms with Gasteiger partial charge in [-0.05, 0) is 41.8 Å². The maximum absolute atomic E-state index is 11.8. The third kappa shape index (κ3) is 7.12. The van der Waals surface area contributed by atoms with Crippen molar-refractivity contribution in [2.75, 3.05) is 30.9 Å². The summed E-state index contributed by atoms with van der Waals surface area (Å²) in [5.41, 5.74) is 3.78. The van der Waals surface area contributed by atoms with E-state index in [9.17, 15) is 9.59 Å². The van der Waals surface area contributed by atoms with Crippen LogP contribution in [-0.4, -0.2) is 38.7 Å². The molecule has 1 saturated heterocycles. The second-order valence-electron chi connectivity index (χ2n) is 6.91. The highest BCUT2D eigenvalue weighted by molar-refractivity contribution is 14.0. The Hall–Kier alpha value is -2.82. The molecule has 9 heteroatoms. The summed E-state index contributed by atoms with van der Waals surface area (Å²) in [6.45, 7) is 2.01. The zero-order valence-corrected chi connectivity index (χ0v) is 20.0. The topological polar surface area (TPSA) is 95.1 Å². The van der Waals surface area contributed by atoms with Crippen molar-refractivity contribution in [3.63, 3.8) is 0 Å². The standard InChI is InChI=1S/C22H27N5O3.HI/c1-23-21(24-14-16-5-9-18(10-6-16)26-22(29)30-2)25-15-17-7-11-19(12-8-17)27-13-3-4-20(27)28;/h5-12H,3-4,13-15H2,1-2H3,(H,26,29)(H2,23,24,25);1H. The number of nitrogens with zero attached hydrogens (tertiary/aromatic N) is 2. The smallest absolute Gasteiger partial charge is 0.411 e. The van der Waals surface area contributed by atoms with E-state index in [1.807, 2.05) is 53.4 Å². The van der Waals surface area contributed by atoms with Crippen molar-refractivity contribution >= 4 is 53.3 Å². The molecule has 2 aromatic rings. The Morgan fingerprint density at radius 3 is 2.10 bits per heavy atom. The van der Waals surface area contributed by atoms with E-state index < -0.39 is 6.09 Å². The van der Waals surface area contributed by atoms with Gasteiger partial charge in [0.15, 0.2) is 5.96 Å². The summed E-state index contributed by atoms with van der Waals surface area (Å²) in [5.74, 6) is 0.880. The zero-order chi connectivity index (χ0) is 21.3. The second-order valence-corrected chi connectivity index (χ2v) is 6.91. The summed E-state index contributed by atoms with van der Waals surface area (Å²) in [4.78, 5) is 29.2. The van der Waals surface area contributed by atoms with Crippen molar-refractivity contribution in [2.24, 2.45) is 4.99 Å². The number of carbonyl (C=O) groups excluding carboxylic acids is 2. The molecule has 0 aliphatic carbocycles. The number of carbonyl (C=O) groups is 2. The fourth-order valence-electron chi connectivity index (χ4n) is 3.18. The number of nitrogens with one attached hydrogen (secondary N) is 3. The van der Waals surface area contributed by atoms with Crippen LogP contribution < -0.4 is 20.9 Å². The van der Waals surface area contributed by atoms with Gasteiger partial charge in [0, 0.05) is 44.5 Å². The number of amides is 2. The van der Waals surface area contributed by atoms with Crippen LogP contribution in [0.4, 0.5) is 16.2 Å². The molecule has 8 nitrogen and oxygen atoms in total. The number of ether oxygens (including phenoxy) is 1. The molecule has 0 unspecified atom stereocenters. The summed E-state index contributed by atoms with van der Waals surface area (Å²) >= 11 is 0. The fraction of sp³-hybridized carbons (Fsp3) is 0.318. The first kappa shape index (κ1) is 24.4. The Morgan fingerprint density at radius 2 is 1.61 bits per heavy atom. The number of methoxy groups -OCH3 is 1. The molecule has 1 aliphatic heterocycles. The first-order valence-corrected chi connectivity index (χ1v) is 9.87. The van der Waals surface area contributed by atoms with Crippen LogP contribution in [0.2, 0.25) is 0 Å². The van der Waals surface area contributed by atoms with Crippen LogP contribution in [0.3, 0.4) is 0 Å². The predicted molar refractivity (Wildman–Crippen MR) is 133 cm³/mol. The van der Waals surface area contributed by atoms with Crippen LogP contribution in [0.15, 0.2) is 53.5 Å². The Kier molecular flexibility index (Phi) is 9.57. The molecule has 0 saturated carbocycles. The summed E-state index contributed by atoms with van der Waals surface area (Å²) in [6.07, 6.45) is 1.07. The first-order chi connectivity index (χ1) is 14.6. The van der Waals surface area contributed by atoms with Gasteiger partial charge in [-0.15, -0.1) is 24.0 Å². The normalized spacial score (nSPS) is 13.4. The molecule has 3 rings (SSSR count). The fourth-order valence-corrected chi connectivity index (χ4v) is 3.18. The SMILES string of the molecule is CN=C(NCc1ccc(NC(=O)OC)cc1)NCc1ccc(N2CCCC2=O)cc1.I. The van der Waals surface area contributed by atoms with E-state index in [4.69, 9.17) is 0 Å². The number of aliphatic imine (C=N–C) groups is 1. The summed E-state index contributed by atoms with van der Waals surface area (Å²) in [6, 6.07) is 15.5. The van der Waals surface area contributed by atoms with Crippen LogP contribution >= 0.6 is 24.0 Å². The van der Waals surface area contributed by atoms with Crippen LogP contribution in [0.1, 0.15) is 24.0 Å². The number of hydrogen-bond donors (Lipinski definition) is 3. The monoisotopic (exact) mass is 537 g/mol. The molecule has 1 aliphatic rings. The van der Waals surface area contributed by atoms with E-state index in [0.717, 1.165) is 29.8 Å². The van der Waals surface area contributed by atoms with Crippen molar-refractivity contribution in [1.82, 2.24) is 10.6 Å². The Bertz CT molecular complexity index is 900. The molecule has 1 fully saturated rings. The predicted octanol–water partition coefficient (Wildman–Crippen LogP) is 3.47. The summed E-state index contributed by atoms with van der Waals surface area (Å²) in [7, 11) is 3.05. The Labute approximate surface area is 199 Å². The molecular formula is C22H28IN5O3. The third-order valence-corrected chi connectivity index (χ3v) is 4.85. The van der Waals surface area contributed by atoms with E-state index in [0.29, 0.717) is 31.2 Å². The van der Waals surface area contributed by atoms with E-state index in [-0.39, 0.29) is 29.9 Å². The van der Waals surface area contributed by atoms with Crippen LogP contribution in [0.5, 0.6) is 0 Å². The van der Waals surface area contributed by atoms with Gasteiger partial charge in [-0.25, -0.2) is 4.79 Å². The number of rotatable bonds is 6. The average molecular weight is 537 g/mol. The summed E-state index contributed by atoms with van der Waals surface area (Å²) in [5, 5.41) is 9.17. The lowest BCUT2D eigenvalue weighted by Crippen LogP contribution is -2.36. The van der Waals surface area contributed by atoms with E-state index in [1.54, 1.807) is 7.05 Å². The highest BCUT2D eigenvalue weighted by Gasteiger charge is 2.21. The van der Waals surface area contributed by atoms with Gasteiger partial charge in [-0.1, -0.05) is 24.3 Å². The van der Waals surface area contributed by atoms with Gasteiger partial charge < -0.3 is 20.3 Å². The van der Waals surface area contributed by atoms with Gasteiger partial charge in [0.25, 0.3) is 0 Å². The van der Waals surface area contributed by atoms with Gasteiger partial charge in [-0.2, -0.15) is 0 Å². The molecule has 0 aromatic heterocycles. The molecule has 2 amide bonds. The van der Waals surface area contributed by atoms with E-state index in [2.05, 4.69) is 25.7 Å². The van der Waals surface area contributed by atoms with Crippen molar-refractivity contribution in [1.29, 1.82) is 0 Å². The van der Waals surface area contributed by atoms with E-state index >= 15 is 0 Å². The lowest BCUT2D eigenvalue weighted by molar-refractivity contribution is -0.117. The van der Waals surface area contributed by atoms with Crippen LogP contribution in [0, 0.1) is 0 Å². The highest BCUT2D eigenvalue weighted by Crippen LogP contribution is 2.21. The van der Waals surface area contributed by atoms with Gasteiger partial charge in [0.1, 0.15) is 0 Å². The molecule has 1 heterocycles. The lowest BCUT2D eigenvalue weighted by Gasteiger charge is -2.16. The number of halogens is 1. The maximum atomic E-state index is 11.8. The largest absolute Gasteiger partial charge is 0.453 e. The Balaban J connectivity index is 0.00000341. The molecule has 166 valence electrons. The van der Waals surface area contributed by atoms with Crippen molar-refractivity contribution < 1.29 is 14.3 Å². The molecular weight excluding hydrogens is 509 g/mol.